The predicted octanol–water partition coefficient (Wildman–Crippen LogP) is 6.06. The number of hydrogen-bond acceptors (Lipinski definition) is 2. The number of aromatic nitrogens is 2. The van der Waals surface area contributed by atoms with Crippen LogP contribution in [0.15, 0.2) is 84.9 Å². The number of Topliss-reactive ketones (excluding diaryl/α,β-unsaturated/α-hetero) is 1. The lowest BCUT2D eigenvalue weighted by Gasteiger charge is -2.11. The molecular weight excluding hydrogens is 356 g/mol. The maximum atomic E-state index is 12.7. The van der Waals surface area contributed by atoms with E-state index in [4.69, 9.17) is 16.6 Å². The predicted molar refractivity (Wildman–Crippen MR) is 109 cm³/mol. The number of benzene rings is 3. The Morgan fingerprint density at radius 1 is 0.815 bits per heavy atom. The maximum absolute atomic E-state index is 12.7. The summed E-state index contributed by atoms with van der Waals surface area (Å²) in [5.74, 6) is 0.673. The van der Waals surface area contributed by atoms with Crippen molar-refractivity contribution in [3.8, 4) is 28.3 Å². The molecule has 0 N–H and O–H groups in total. The third-order valence-electron chi connectivity index (χ3n) is 4.37. The first kappa shape index (κ1) is 17.3. The number of ketones is 1. The van der Waals surface area contributed by atoms with E-state index in [1.165, 1.54) is 0 Å². The molecule has 0 bridgehead atoms. The second kappa shape index (κ2) is 7.22. The summed E-state index contributed by atoms with van der Waals surface area (Å²) in [6.45, 7) is 1.58. The zero-order chi connectivity index (χ0) is 18.8. The Labute approximate surface area is 162 Å². The van der Waals surface area contributed by atoms with E-state index < -0.39 is 0 Å². The number of rotatable bonds is 4. The lowest BCUT2D eigenvalue weighted by molar-refractivity contribution is 0.101. The molecule has 0 aliphatic heterocycles. The van der Waals surface area contributed by atoms with E-state index in [1.54, 1.807) is 6.92 Å². The molecule has 0 unspecified atom stereocenters. The standard InChI is InChI=1S/C23H17ClN2O/c1-16(27)22-21(17-8-4-2-5-9-17)25-23(18-12-14-19(24)15-13-18)26(22)20-10-6-3-7-11-20/h2-15H,1H3. The minimum atomic E-state index is -0.0366. The maximum Gasteiger partial charge on any atom is 0.178 e. The van der Waals surface area contributed by atoms with Crippen LogP contribution < -0.4 is 0 Å². The van der Waals surface area contributed by atoms with Crippen molar-refractivity contribution in [1.29, 1.82) is 0 Å². The summed E-state index contributed by atoms with van der Waals surface area (Å²) in [7, 11) is 0. The molecule has 0 spiro atoms. The molecule has 3 aromatic carbocycles. The van der Waals surface area contributed by atoms with Crippen LogP contribution in [0.1, 0.15) is 17.4 Å². The summed E-state index contributed by atoms with van der Waals surface area (Å²) < 4.78 is 1.92. The van der Waals surface area contributed by atoms with E-state index in [9.17, 15) is 4.79 Å². The van der Waals surface area contributed by atoms with Crippen LogP contribution in [0.3, 0.4) is 0 Å². The van der Waals surface area contributed by atoms with Gasteiger partial charge in [0.15, 0.2) is 5.78 Å². The van der Waals surface area contributed by atoms with Crippen molar-refractivity contribution in [3.63, 3.8) is 0 Å². The van der Waals surface area contributed by atoms with Gasteiger partial charge >= 0.3 is 0 Å². The van der Waals surface area contributed by atoms with Crippen LogP contribution in [-0.4, -0.2) is 15.3 Å². The van der Waals surface area contributed by atoms with E-state index in [0.29, 0.717) is 22.2 Å². The highest BCUT2D eigenvalue weighted by molar-refractivity contribution is 6.30. The number of hydrogen-bond donors (Lipinski definition) is 0. The second-order valence-electron chi connectivity index (χ2n) is 6.23. The zero-order valence-electron chi connectivity index (χ0n) is 14.8. The summed E-state index contributed by atoms with van der Waals surface area (Å²) >= 11 is 6.06. The van der Waals surface area contributed by atoms with E-state index in [2.05, 4.69) is 0 Å². The van der Waals surface area contributed by atoms with Crippen molar-refractivity contribution in [3.05, 3.63) is 95.6 Å². The number of carbonyl (C=O) groups is 1. The molecule has 0 fully saturated rings. The largest absolute Gasteiger partial charge is 0.293 e. The van der Waals surface area contributed by atoms with E-state index >= 15 is 0 Å². The fourth-order valence-corrected chi connectivity index (χ4v) is 3.29. The van der Waals surface area contributed by atoms with Crippen LogP contribution in [0, 0.1) is 0 Å². The molecule has 0 saturated carbocycles. The van der Waals surface area contributed by atoms with Crippen molar-refractivity contribution in [2.24, 2.45) is 0 Å². The average Bonchev–Trinajstić information content (AvgIpc) is 3.11. The van der Waals surface area contributed by atoms with Crippen molar-refractivity contribution >= 4 is 17.4 Å². The lowest BCUT2D eigenvalue weighted by atomic mass is 10.1. The molecule has 4 heteroatoms. The van der Waals surface area contributed by atoms with Crippen LogP contribution >= 0.6 is 11.6 Å². The molecule has 4 aromatic rings. The summed E-state index contributed by atoms with van der Waals surface area (Å²) in [6.07, 6.45) is 0. The molecule has 1 heterocycles. The monoisotopic (exact) mass is 372 g/mol. The zero-order valence-corrected chi connectivity index (χ0v) is 15.5. The molecule has 132 valence electrons. The second-order valence-corrected chi connectivity index (χ2v) is 6.67. The van der Waals surface area contributed by atoms with Crippen LogP contribution in [0.5, 0.6) is 0 Å². The van der Waals surface area contributed by atoms with Gasteiger partial charge in [0.25, 0.3) is 0 Å². The van der Waals surface area contributed by atoms with Gasteiger partial charge in [-0.25, -0.2) is 4.98 Å². The van der Waals surface area contributed by atoms with E-state index in [1.807, 2.05) is 89.5 Å². The quantitative estimate of drug-likeness (QED) is 0.408. The third-order valence-corrected chi connectivity index (χ3v) is 4.63. The number of para-hydroxylation sites is 1. The summed E-state index contributed by atoms with van der Waals surface area (Å²) in [5, 5.41) is 0.659. The van der Waals surface area contributed by atoms with E-state index in [0.717, 1.165) is 16.8 Å². The highest BCUT2D eigenvalue weighted by Crippen LogP contribution is 2.33. The molecule has 0 aliphatic rings. The highest BCUT2D eigenvalue weighted by Gasteiger charge is 2.23. The first-order valence-electron chi connectivity index (χ1n) is 8.65. The number of imidazole rings is 1. The van der Waals surface area contributed by atoms with Crippen molar-refractivity contribution < 1.29 is 4.79 Å². The van der Waals surface area contributed by atoms with Crippen LogP contribution in [-0.2, 0) is 0 Å². The molecule has 3 nitrogen and oxygen atoms in total. The molecule has 27 heavy (non-hydrogen) atoms. The summed E-state index contributed by atoms with van der Waals surface area (Å²) in [5.41, 5.74) is 3.94. The van der Waals surface area contributed by atoms with Gasteiger partial charge in [-0.05, 0) is 36.4 Å². The SMILES string of the molecule is CC(=O)c1c(-c2ccccc2)nc(-c2ccc(Cl)cc2)n1-c1ccccc1. The molecule has 0 radical (unpaired) electrons. The minimum Gasteiger partial charge on any atom is -0.293 e. The van der Waals surface area contributed by atoms with Gasteiger partial charge in [-0.2, -0.15) is 0 Å². The van der Waals surface area contributed by atoms with Crippen molar-refractivity contribution in [1.82, 2.24) is 9.55 Å². The van der Waals surface area contributed by atoms with Gasteiger partial charge in [-0.1, -0.05) is 60.1 Å². The Kier molecular flexibility index (Phi) is 4.61. The summed E-state index contributed by atoms with van der Waals surface area (Å²) in [6, 6.07) is 27.1. The van der Waals surface area contributed by atoms with Crippen molar-refractivity contribution in [2.75, 3.05) is 0 Å². The van der Waals surface area contributed by atoms with Crippen LogP contribution in [0.25, 0.3) is 28.3 Å². The Morgan fingerprint density at radius 3 is 2.00 bits per heavy atom. The van der Waals surface area contributed by atoms with Gasteiger partial charge in [0.1, 0.15) is 17.2 Å². The fraction of sp³-hybridized carbons (Fsp3) is 0.0435. The fourth-order valence-electron chi connectivity index (χ4n) is 3.16. The van der Waals surface area contributed by atoms with Gasteiger partial charge < -0.3 is 0 Å². The highest BCUT2D eigenvalue weighted by atomic mass is 35.5. The number of halogens is 1. The van der Waals surface area contributed by atoms with Gasteiger partial charge in [-0.3, -0.25) is 9.36 Å². The first-order chi connectivity index (χ1) is 13.1. The molecule has 4 rings (SSSR count). The molecular formula is C23H17ClN2O. The first-order valence-corrected chi connectivity index (χ1v) is 9.03. The Balaban J connectivity index is 2.06. The van der Waals surface area contributed by atoms with E-state index in [-0.39, 0.29) is 5.78 Å². The molecule has 1 aromatic heterocycles. The molecule has 0 saturated heterocycles. The Morgan fingerprint density at radius 2 is 1.41 bits per heavy atom. The van der Waals surface area contributed by atoms with Gasteiger partial charge in [-0.15, -0.1) is 0 Å². The lowest BCUT2D eigenvalue weighted by Crippen LogP contribution is -2.07. The smallest absolute Gasteiger partial charge is 0.178 e. The van der Waals surface area contributed by atoms with Gasteiger partial charge in [0.2, 0.25) is 0 Å². The number of carbonyl (C=O) groups excluding carboxylic acids is 1. The molecule has 0 aliphatic carbocycles. The van der Waals surface area contributed by atoms with Crippen LogP contribution in [0.4, 0.5) is 0 Å². The molecule has 0 atom stereocenters. The summed E-state index contributed by atoms with van der Waals surface area (Å²) in [4.78, 5) is 17.5. The number of nitrogens with zero attached hydrogens (tertiary/aromatic N) is 2. The normalized spacial score (nSPS) is 10.7. The minimum absolute atomic E-state index is 0.0366. The Bertz CT molecular complexity index is 1080. The third kappa shape index (κ3) is 3.29. The van der Waals surface area contributed by atoms with Crippen LogP contribution in [0.2, 0.25) is 5.02 Å². The van der Waals surface area contributed by atoms with Gasteiger partial charge in [0, 0.05) is 28.8 Å². The average molecular weight is 373 g/mol. The molecule has 0 amide bonds. The topological polar surface area (TPSA) is 34.9 Å². The van der Waals surface area contributed by atoms with Gasteiger partial charge in [0.05, 0.1) is 0 Å². The van der Waals surface area contributed by atoms with Crippen molar-refractivity contribution in [2.45, 2.75) is 6.92 Å². The Hall–Kier alpha value is -3.17.